The fourth-order valence-electron chi connectivity index (χ4n) is 9.72. The number of fused-ring (bicyclic) bond motifs is 5. The zero-order valence-electron chi connectivity index (χ0n) is 26.5. The molecule has 4 saturated carbocycles. The predicted molar refractivity (Wildman–Crippen MR) is 161 cm³/mol. The van der Waals surface area contributed by atoms with E-state index >= 15 is 0 Å². The normalized spacial score (nSPS) is 39.3. The van der Waals surface area contributed by atoms with Gasteiger partial charge in [0.25, 0.3) is 0 Å². The zero-order valence-corrected chi connectivity index (χ0v) is 27.5. The summed E-state index contributed by atoms with van der Waals surface area (Å²) in [5, 5.41) is 0.302. The summed E-state index contributed by atoms with van der Waals surface area (Å²) in [4.78, 5) is 12.1. The van der Waals surface area contributed by atoms with Gasteiger partial charge in [0.15, 0.2) is 8.32 Å². The number of carbonyl (C=O) groups is 1. The number of allylic oxidation sites excluding steroid dienone is 1. The number of rotatable bonds is 8. The Labute approximate surface area is 236 Å². The van der Waals surface area contributed by atoms with E-state index in [1.165, 1.54) is 63.4 Å². The molecule has 0 aromatic carbocycles. The molecule has 218 valence electrons. The van der Waals surface area contributed by atoms with Crippen LogP contribution in [0, 0.1) is 46.3 Å². The highest BCUT2D eigenvalue weighted by atomic mass is 28.4. The number of esters is 1. The van der Waals surface area contributed by atoms with E-state index < -0.39 is 8.32 Å². The second-order valence-corrected chi connectivity index (χ2v) is 20.7. The van der Waals surface area contributed by atoms with Crippen LogP contribution in [-0.4, -0.2) is 27.5 Å². The SMILES string of the molecule is CCOC(=O)/C=C1\CCC2(C)C(CCC3[C@@H]2CCC2(C)C([C@H](C)CCCO[Si](C)(C)C(C)(C)C)CC[C@@H]32)C1. The van der Waals surface area contributed by atoms with Crippen molar-refractivity contribution in [3.63, 3.8) is 0 Å². The first-order valence-corrected chi connectivity index (χ1v) is 19.1. The van der Waals surface area contributed by atoms with E-state index in [-0.39, 0.29) is 5.97 Å². The van der Waals surface area contributed by atoms with Gasteiger partial charge in [0.1, 0.15) is 0 Å². The first kappa shape index (κ1) is 30.3. The molecular formula is C34H60O3Si. The topological polar surface area (TPSA) is 35.5 Å². The van der Waals surface area contributed by atoms with E-state index in [1.54, 1.807) is 0 Å². The molecule has 4 heteroatoms. The van der Waals surface area contributed by atoms with Crippen molar-refractivity contribution in [2.45, 2.75) is 137 Å². The monoisotopic (exact) mass is 544 g/mol. The van der Waals surface area contributed by atoms with Gasteiger partial charge in [-0.25, -0.2) is 4.79 Å². The molecule has 4 rings (SSSR count). The van der Waals surface area contributed by atoms with Gasteiger partial charge in [-0.05, 0) is 142 Å². The van der Waals surface area contributed by atoms with Gasteiger partial charge in [-0.3, -0.25) is 0 Å². The summed E-state index contributed by atoms with van der Waals surface area (Å²) < 4.78 is 11.7. The van der Waals surface area contributed by atoms with Gasteiger partial charge in [-0.1, -0.05) is 47.1 Å². The van der Waals surface area contributed by atoms with Gasteiger partial charge in [0.05, 0.1) is 6.61 Å². The predicted octanol–water partition coefficient (Wildman–Crippen LogP) is 9.57. The van der Waals surface area contributed by atoms with E-state index in [1.807, 2.05) is 13.0 Å². The van der Waals surface area contributed by atoms with Crippen molar-refractivity contribution in [2.75, 3.05) is 13.2 Å². The van der Waals surface area contributed by atoms with Gasteiger partial charge >= 0.3 is 5.97 Å². The Balaban J connectivity index is 1.36. The van der Waals surface area contributed by atoms with Crippen LogP contribution in [0.1, 0.15) is 119 Å². The van der Waals surface area contributed by atoms with E-state index in [4.69, 9.17) is 9.16 Å². The van der Waals surface area contributed by atoms with Crippen LogP contribution in [0.5, 0.6) is 0 Å². The van der Waals surface area contributed by atoms with E-state index in [0.29, 0.717) is 22.5 Å². The Morgan fingerprint density at radius 2 is 1.76 bits per heavy atom. The summed E-state index contributed by atoms with van der Waals surface area (Å²) in [7, 11) is -1.64. The van der Waals surface area contributed by atoms with Gasteiger partial charge in [-0.2, -0.15) is 0 Å². The largest absolute Gasteiger partial charge is 0.463 e. The van der Waals surface area contributed by atoms with E-state index in [2.05, 4.69) is 54.6 Å². The molecule has 4 fully saturated rings. The second kappa shape index (κ2) is 11.3. The Kier molecular flexibility index (Phi) is 9.06. The van der Waals surface area contributed by atoms with Gasteiger partial charge in [0, 0.05) is 12.7 Å². The first-order chi connectivity index (χ1) is 17.7. The van der Waals surface area contributed by atoms with E-state index in [0.717, 1.165) is 55.0 Å². The molecular weight excluding hydrogens is 484 g/mol. The van der Waals surface area contributed by atoms with Gasteiger partial charge in [0.2, 0.25) is 0 Å². The molecule has 38 heavy (non-hydrogen) atoms. The highest BCUT2D eigenvalue weighted by molar-refractivity contribution is 6.74. The summed E-state index contributed by atoms with van der Waals surface area (Å²) in [6.45, 7) is 23.0. The molecule has 0 aromatic heterocycles. The minimum atomic E-state index is -1.64. The lowest BCUT2D eigenvalue weighted by Gasteiger charge is -2.61. The van der Waals surface area contributed by atoms with Crippen molar-refractivity contribution >= 4 is 14.3 Å². The molecule has 4 aliphatic carbocycles. The third-order valence-corrected chi connectivity index (χ3v) is 17.5. The number of hydrogen-bond donors (Lipinski definition) is 0. The lowest BCUT2D eigenvalue weighted by Crippen LogP contribution is -2.53. The van der Waals surface area contributed by atoms with Crippen molar-refractivity contribution in [1.29, 1.82) is 0 Å². The number of carbonyl (C=O) groups excluding carboxylic acids is 1. The molecule has 8 atom stereocenters. The molecule has 0 radical (unpaired) electrons. The van der Waals surface area contributed by atoms with Crippen molar-refractivity contribution < 1.29 is 14.0 Å². The standard InChI is InChI=1S/C34H60O3Si/c1-10-36-31(35)23-25-17-19-33(6)26(22-25)13-14-27-29-16-15-28(34(29,7)20-18-30(27)33)24(2)12-11-21-37-38(8,9)32(3,4)5/h23-24,26-30H,10-22H2,1-9H3/b25-23+/t24-,26?,27?,28?,29+,30+,33?,34?/m1/s1. The maximum atomic E-state index is 12.1. The van der Waals surface area contributed by atoms with Crippen molar-refractivity contribution in [2.24, 2.45) is 46.3 Å². The Bertz CT molecular complexity index is 871. The minimum Gasteiger partial charge on any atom is -0.463 e. The molecule has 0 bridgehead atoms. The van der Waals surface area contributed by atoms with E-state index in [9.17, 15) is 4.79 Å². The van der Waals surface area contributed by atoms with Crippen molar-refractivity contribution in [3.05, 3.63) is 11.6 Å². The summed E-state index contributed by atoms with van der Waals surface area (Å²) in [5.41, 5.74) is 2.34. The van der Waals surface area contributed by atoms with Crippen LogP contribution in [0.15, 0.2) is 11.6 Å². The van der Waals surface area contributed by atoms with Crippen LogP contribution in [-0.2, 0) is 14.0 Å². The molecule has 0 saturated heterocycles. The average molecular weight is 545 g/mol. The van der Waals surface area contributed by atoms with Gasteiger partial charge < -0.3 is 9.16 Å². The molecule has 0 spiro atoms. The van der Waals surface area contributed by atoms with Crippen LogP contribution in [0.3, 0.4) is 0 Å². The summed E-state index contributed by atoms with van der Waals surface area (Å²) >= 11 is 0. The highest BCUT2D eigenvalue weighted by Crippen LogP contribution is 2.68. The Hall–Kier alpha value is -0.613. The van der Waals surface area contributed by atoms with Gasteiger partial charge in [-0.15, -0.1) is 0 Å². The van der Waals surface area contributed by atoms with Crippen LogP contribution in [0.25, 0.3) is 0 Å². The molecule has 3 nitrogen and oxygen atoms in total. The summed E-state index contributed by atoms with van der Waals surface area (Å²) in [6, 6.07) is 0. The van der Waals surface area contributed by atoms with Crippen LogP contribution < -0.4 is 0 Å². The smallest absolute Gasteiger partial charge is 0.330 e. The van der Waals surface area contributed by atoms with Crippen LogP contribution >= 0.6 is 0 Å². The average Bonchev–Trinajstić information content (AvgIpc) is 3.18. The molecule has 0 aromatic rings. The quantitative estimate of drug-likeness (QED) is 0.132. The van der Waals surface area contributed by atoms with Crippen molar-refractivity contribution in [1.82, 2.24) is 0 Å². The lowest BCUT2D eigenvalue weighted by atomic mass is 9.44. The first-order valence-electron chi connectivity index (χ1n) is 16.2. The zero-order chi connectivity index (χ0) is 27.9. The Morgan fingerprint density at radius 1 is 1.05 bits per heavy atom. The summed E-state index contributed by atoms with van der Waals surface area (Å²) in [6.07, 6.45) is 16.4. The molecule has 4 aliphatic rings. The number of ether oxygens (including phenoxy) is 1. The fourth-order valence-corrected chi connectivity index (χ4v) is 10.8. The van der Waals surface area contributed by atoms with Crippen LogP contribution in [0.4, 0.5) is 0 Å². The van der Waals surface area contributed by atoms with Crippen molar-refractivity contribution in [3.8, 4) is 0 Å². The molecule has 0 heterocycles. The lowest BCUT2D eigenvalue weighted by molar-refractivity contribution is -0.137. The highest BCUT2D eigenvalue weighted by Gasteiger charge is 2.60. The molecule has 0 aliphatic heterocycles. The fraction of sp³-hybridized carbons (Fsp3) is 0.912. The third kappa shape index (κ3) is 5.74. The van der Waals surface area contributed by atoms with Crippen LogP contribution in [0.2, 0.25) is 18.1 Å². The maximum Gasteiger partial charge on any atom is 0.330 e. The third-order valence-electron chi connectivity index (χ3n) is 13.0. The molecule has 0 N–H and O–H groups in total. The minimum absolute atomic E-state index is 0.133. The molecule has 5 unspecified atom stereocenters. The summed E-state index contributed by atoms with van der Waals surface area (Å²) in [5.74, 6) is 5.04. The number of hydrogen-bond acceptors (Lipinski definition) is 3. The molecule has 0 amide bonds. The maximum absolute atomic E-state index is 12.1. The Morgan fingerprint density at radius 3 is 2.45 bits per heavy atom. The second-order valence-electron chi connectivity index (χ2n) is 15.9.